The highest BCUT2D eigenvalue weighted by Crippen LogP contribution is 2.12. The van der Waals surface area contributed by atoms with Gasteiger partial charge >= 0.3 is 0 Å². The molecule has 16 heavy (non-hydrogen) atoms. The number of carbonyl (C=O) groups excluding carboxylic acids is 1. The van der Waals surface area contributed by atoms with Gasteiger partial charge in [-0.15, -0.1) is 0 Å². The molecule has 0 radical (unpaired) electrons. The van der Waals surface area contributed by atoms with E-state index in [1.807, 2.05) is 17.0 Å². The van der Waals surface area contributed by atoms with Crippen LogP contribution >= 0.6 is 12.2 Å². The number of aromatic nitrogens is 1. The minimum Gasteiger partial charge on any atom is -0.388 e. The lowest BCUT2D eigenvalue weighted by molar-refractivity contribution is -0.120. The molecule has 1 aliphatic rings. The van der Waals surface area contributed by atoms with Crippen LogP contribution in [0, 0.1) is 0 Å². The monoisotopic (exact) mass is 236 g/mol. The molecule has 0 bridgehead atoms. The minimum absolute atomic E-state index is 0.00813. The zero-order valence-corrected chi connectivity index (χ0v) is 9.46. The molecule has 5 nitrogen and oxygen atoms in total. The van der Waals surface area contributed by atoms with Crippen molar-refractivity contribution in [3.8, 4) is 0 Å². The van der Waals surface area contributed by atoms with Crippen molar-refractivity contribution in [2.24, 2.45) is 5.73 Å². The van der Waals surface area contributed by atoms with Crippen molar-refractivity contribution >= 4 is 28.9 Å². The van der Waals surface area contributed by atoms with Gasteiger partial charge in [0, 0.05) is 13.1 Å². The quantitative estimate of drug-likeness (QED) is 0.687. The van der Waals surface area contributed by atoms with Crippen LogP contribution in [0.25, 0.3) is 0 Å². The number of hydrogen-bond acceptors (Lipinski definition) is 4. The van der Waals surface area contributed by atoms with Gasteiger partial charge in [0.25, 0.3) is 0 Å². The number of pyridine rings is 1. The van der Waals surface area contributed by atoms with Crippen LogP contribution in [0.1, 0.15) is 5.69 Å². The van der Waals surface area contributed by atoms with Crippen LogP contribution in [0.15, 0.2) is 18.2 Å². The fourth-order valence-corrected chi connectivity index (χ4v) is 1.68. The minimum atomic E-state index is 0.00813. The number of hydrogen-bond donors (Lipinski definition) is 2. The Morgan fingerprint density at radius 2 is 2.38 bits per heavy atom. The Balaban J connectivity index is 2.22. The van der Waals surface area contributed by atoms with Crippen molar-refractivity contribution in [1.29, 1.82) is 0 Å². The van der Waals surface area contributed by atoms with Crippen LogP contribution < -0.4 is 16.0 Å². The van der Waals surface area contributed by atoms with Gasteiger partial charge in [0.1, 0.15) is 10.8 Å². The van der Waals surface area contributed by atoms with Crippen molar-refractivity contribution in [3.05, 3.63) is 23.9 Å². The smallest absolute Gasteiger partial charge is 0.239 e. The maximum absolute atomic E-state index is 11.2. The first-order chi connectivity index (χ1) is 7.66. The van der Waals surface area contributed by atoms with E-state index in [1.54, 1.807) is 6.07 Å². The second kappa shape index (κ2) is 4.44. The second-order valence-corrected chi connectivity index (χ2v) is 3.96. The van der Waals surface area contributed by atoms with Crippen LogP contribution in [-0.2, 0) is 4.79 Å². The molecule has 1 amide bonds. The molecule has 0 aliphatic carbocycles. The van der Waals surface area contributed by atoms with E-state index < -0.39 is 0 Å². The first kappa shape index (κ1) is 10.8. The summed E-state index contributed by atoms with van der Waals surface area (Å²) in [6.07, 6.45) is 0. The third kappa shape index (κ3) is 2.27. The zero-order chi connectivity index (χ0) is 11.5. The van der Waals surface area contributed by atoms with Crippen LogP contribution in [0.5, 0.6) is 0 Å². The lowest BCUT2D eigenvalue weighted by Gasteiger charge is -2.27. The Labute approximate surface area is 98.6 Å². The van der Waals surface area contributed by atoms with Crippen molar-refractivity contribution in [2.75, 3.05) is 24.5 Å². The van der Waals surface area contributed by atoms with Crippen LogP contribution in [0.4, 0.5) is 5.82 Å². The number of nitrogens with two attached hydrogens (primary N) is 1. The molecule has 84 valence electrons. The van der Waals surface area contributed by atoms with Gasteiger partial charge in [0.05, 0.1) is 12.2 Å². The summed E-state index contributed by atoms with van der Waals surface area (Å²) in [7, 11) is 0. The molecule has 2 rings (SSSR count). The highest BCUT2D eigenvalue weighted by molar-refractivity contribution is 7.80. The molecule has 1 aromatic rings. The number of rotatable bonds is 2. The molecule has 0 atom stereocenters. The topological polar surface area (TPSA) is 71.2 Å². The molecular formula is C10H12N4OS. The summed E-state index contributed by atoms with van der Waals surface area (Å²) in [5.41, 5.74) is 6.09. The van der Waals surface area contributed by atoms with E-state index in [0.29, 0.717) is 18.8 Å². The van der Waals surface area contributed by atoms with Gasteiger partial charge in [0.15, 0.2) is 0 Å². The SMILES string of the molecule is NC(=S)c1cccc(N2CCNC(=O)C2)n1. The van der Waals surface area contributed by atoms with Gasteiger partial charge in [-0.2, -0.15) is 0 Å². The molecule has 0 spiro atoms. The highest BCUT2D eigenvalue weighted by Gasteiger charge is 2.17. The van der Waals surface area contributed by atoms with Crippen LogP contribution in [0.2, 0.25) is 0 Å². The third-order valence-corrected chi connectivity index (χ3v) is 2.56. The molecule has 3 N–H and O–H groups in total. The molecule has 1 aromatic heterocycles. The van der Waals surface area contributed by atoms with E-state index in [1.165, 1.54) is 0 Å². The number of anilines is 1. The standard InChI is InChI=1S/C10H12N4OS/c11-10(16)7-2-1-3-8(13-7)14-5-4-12-9(15)6-14/h1-3H,4-6H2,(H2,11,16)(H,12,15). The van der Waals surface area contributed by atoms with Gasteiger partial charge in [-0.05, 0) is 12.1 Å². The van der Waals surface area contributed by atoms with E-state index >= 15 is 0 Å². The molecule has 0 unspecified atom stereocenters. The maximum atomic E-state index is 11.2. The van der Waals surface area contributed by atoms with Crippen molar-refractivity contribution in [3.63, 3.8) is 0 Å². The first-order valence-corrected chi connectivity index (χ1v) is 5.36. The summed E-state index contributed by atoms with van der Waals surface area (Å²) in [6.45, 7) is 1.71. The number of amides is 1. The Kier molecular flexibility index (Phi) is 3.00. The van der Waals surface area contributed by atoms with Crippen molar-refractivity contribution in [2.45, 2.75) is 0 Å². The summed E-state index contributed by atoms with van der Waals surface area (Å²) < 4.78 is 0. The fourth-order valence-electron chi connectivity index (χ4n) is 1.57. The number of nitrogens with zero attached hydrogens (tertiary/aromatic N) is 2. The summed E-state index contributed by atoms with van der Waals surface area (Å²) in [6, 6.07) is 5.44. The largest absolute Gasteiger partial charge is 0.388 e. The second-order valence-electron chi connectivity index (χ2n) is 3.52. The van der Waals surface area contributed by atoms with Crippen molar-refractivity contribution in [1.82, 2.24) is 10.3 Å². The van der Waals surface area contributed by atoms with Crippen LogP contribution in [0.3, 0.4) is 0 Å². The number of nitrogens with one attached hydrogen (secondary N) is 1. The Morgan fingerprint density at radius 1 is 1.56 bits per heavy atom. The average molecular weight is 236 g/mol. The van der Waals surface area contributed by atoms with E-state index in [4.69, 9.17) is 18.0 Å². The van der Waals surface area contributed by atoms with Crippen LogP contribution in [-0.4, -0.2) is 35.5 Å². The van der Waals surface area contributed by atoms with E-state index in [0.717, 1.165) is 12.4 Å². The van der Waals surface area contributed by atoms with Gasteiger partial charge in [-0.3, -0.25) is 4.79 Å². The lowest BCUT2D eigenvalue weighted by Crippen LogP contribution is -2.48. The zero-order valence-electron chi connectivity index (χ0n) is 8.64. The number of carbonyl (C=O) groups is 1. The molecular weight excluding hydrogens is 224 g/mol. The Hall–Kier alpha value is -1.69. The number of piperazine rings is 1. The predicted molar refractivity (Wildman–Crippen MR) is 65.3 cm³/mol. The van der Waals surface area contributed by atoms with Crippen molar-refractivity contribution < 1.29 is 4.79 Å². The molecule has 1 aliphatic heterocycles. The third-order valence-electron chi connectivity index (χ3n) is 2.35. The lowest BCUT2D eigenvalue weighted by atomic mass is 10.3. The molecule has 2 heterocycles. The van der Waals surface area contributed by atoms with E-state index in [9.17, 15) is 4.79 Å². The Bertz CT molecular complexity index is 435. The molecule has 6 heteroatoms. The summed E-state index contributed by atoms with van der Waals surface area (Å²) >= 11 is 4.86. The molecule has 1 fully saturated rings. The molecule has 1 saturated heterocycles. The fraction of sp³-hybridized carbons (Fsp3) is 0.300. The Morgan fingerprint density at radius 3 is 3.06 bits per heavy atom. The average Bonchev–Trinajstić information content (AvgIpc) is 2.29. The van der Waals surface area contributed by atoms with Gasteiger partial charge in [0.2, 0.25) is 5.91 Å². The van der Waals surface area contributed by atoms with Gasteiger partial charge in [-0.25, -0.2) is 4.98 Å². The number of thiocarbonyl (C=S) groups is 1. The normalized spacial score (nSPS) is 15.8. The van der Waals surface area contributed by atoms with Gasteiger partial charge in [-0.1, -0.05) is 18.3 Å². The van der Waals surface area contributed by atoms with E-state index in [-0.39, 0.29) is 10.9 Å². The molecule has 0 saturated carbocycles. The first-order valence-electron chi connectivity index (χ1n) is 4.95. The van der Waals surface area contributed by atoms with Gasteiger partial charge < -0.3 is 16.0 Å². The highest BCUT2D eigenvalue weighted by atomic mass is 32.1. The van der Waals surface area contributed by atoms with E-state index in [2.05, 4.69) is 10.3 Å². The predicted octanol–water partition coefficient (Wildman–Crippen LogP) is -0.348. The molecule has 0 aromatic carbocycles. The summed E-state index contributed by atoms with van der Waals surface area (Å²) in [5, 5.41) is 2.76. The summed E-state index contributed by atoms with van der Waals surface area (Å²) in [5.74, 6) is 0.744. The maximum Gasteiger partial charge on any atom is 0.239 e. The summed E-state index contributed by atoms with van der Waals surface area (Å²) in [4.78, 5) is 17.7.